The predicted molar refractivity (Wildman–Crippen MR) is 121 cm³/mol. The zero-order valence-corrected chi connectivity index (χ0v) is 18.6. The number of imidazole rings is 2. The Morgan fingerprint density at radius 2 is 1.85 bits per heavy atom. The molecule has 33 heavy (non-hydrogen) atoms. The molecule has 1 aromatic carbocycles. The molecule has 0 saturated heterocycles. The molecule has 1 amide bonds. The Kier molecular flexibility index (Phi) is 6.09. The van der Waals surface area contributed by atoms with Crippen molar-refractivity contribution in [3.05, 3.63) is 66.1 Å². The van der Waals surface area contributed by atoms with E-state index in [-0.39, 0.29) is 5.82 Å². The van der Waals surface area contributed by atoms with Gasteiger partial charge < -0.3 is 9.30 Å². The van der Waals surface area contributed by atoms with Crippen LogP contribution in [0.15, 0.2) is 48.8 Å². The molecule has 4 heterocycles. The molecule has 0 spiro atoms. The molecule has 168 valence electrons. The number of amides is 1. The second-order valence-electron chi connectivity index (χ2n) is 7.18. The van der Waals surface area contributed by atoms with Crippen LogP contribution in [-0.2, 0) is 17.8 Å². The van der Waals surface area contributed by atoms with Crippen LogP contribution in [-0.4, -0.2) is 43.6 Å². The second-order valence-corrected chi connectivity index (χ2v) is 7.18. The van der Waals surface area contributed by atoms with Crippen molar-refractivity contribution in [2.24, 2.45) is 0 Å². The Bertz CT molecular complexity index is 1350. The quantitative estimate of drug-likeness (QED) is 0.453. The third-order valence-corrected chi connectivity index (χ3v) is 5.42. The molecule has 0 N–H and O–H groups in total. The number of carbonyl (C=O) groups is 1. The summed E-state index contributed by atoms with van der Waals surface area (Å²) in [6.45, 7) is 5.31. The maximum absolute atomic E-state index is 13.5. The van der Waals surface area contributed by atoms with Crippen molar-refractivity contribution in [2.75, 3.05) is 13.7 Å². The molecule has 0 fully saturated rings. The molecule has 1 aliphatic rings. The number of rotatable bonds is 2. The lowest BCUT2D eigenvalue weighted by Crippen LogP contribution is -2.38. The summed E-state index contributed by atoms with van der Waals surface area (Å²) in [4.78, 5) is 22.7. The first-order valence-corrected chi connectivity index (χ1v) is 10.6. The highest BCUT2D eigenvalue weighted by atomic mass is 19.1. The molecule has 9 heteroatoms. The van der Waals surface area contributed by atoms with E-state index in [4.69, 9.17) is 9.72 Å². The minimum absolute atomic E-state index is 0.303. The average Bonchev–Trinajstić information content (AvgIpc) is 3.45. The van der Waals surface area contributed by atoms with Crippen molar-refractivity contribution in [1.29, 1.82) is 5.26 Å². The number of aromatic nitrogens is 4. The number of nitriles is 1. The number of pyridine rings is 1. The first-order valence-electron chi connectivity index (χ1n) is 10.6. The van der Waals surface area contributed by atoms with E-state index in [9.17, 15) is 14.4 Å². The monoisotopic (exact) mass is 446 g/mol. The van der Waals surface area contributed by atoms with Gasteiger partial charge in [0, 0.05) is 30.4 Å². The first-order chi connectivity index (χ1) is 16.1. The molecule has 0 saturated carbocycles. The Morgan fingerprint density at radius 1 is 1.12 bits per heavy atom. The van der Waals surface area contributed by atoms with Gasteiger partial charge in [0.05, 0.1) is 31.2 Å². The summed E-state index contributed by atoms with van der Waals surface area (Å²) in [6, 6.07) is 12.1. The molecule has 4 aromatic rings. The van der Waals surface area contributed by atoms with Crippen molar-refractivity contribution < 1.29 is 13.9 Å². The zero-order valence-electron chi connectivity index (χ0n) is 18.6. The molecule has 3 aromatic heterocycles. The van der Waals surface area contributed by atoms with Crippen molar-refractivity contribution in [3.63, 3.8) is 0 Å². The topological polar surface area (TPSA) is 88.4 Å². The summed E-state index contributed by atoms with van der Waals surface area (Å²) in [7, 11) is 1.35. The van der Waals surface area contributed by atoms with E-state index in [0.29, 0.717) is 42.5 Å². The molecule has 0 radical (unpaired) electrons. The predicted octanol–water partition coefficient (Wildman–Crippen LogP) is 4.48. The molecule has 0 bridgehead atoms. The van der Waals surface area contributed by atoms with Crippen molar-refractivity contribution in [1.82, 2.24) is 23.8 Å². The fourth-order valence-electron chi connectivity index (χ4n) is 3.92. The summed E-state index contributed by atoms with van der Waals surface area (Å²) in [5.74, 6) is 0.377. The highest BCUT2D eigenvalue weighted by Gasteiger charge is 2.28. The highest BCUT2D eigenvalue weighted by molar-refractivity contribution is 5.80. The lowest BCUT2D eigenvalue weighted by Gasteiger charge is -2.27. The normalized spacial score (nSPS) is 12.5. The Morgan fingerprint density at radius 3 is 2.55 bits per heavy atom. The van der Waals surface area contributed by atoms with Gasteiger partial charge in [0.15, 0.2) is 0 Å². The summed E-state index contributed by atoms with van der Waals surface area (Å²) < 4.78 is 22.2. The standard InChI is InChI=1S/C22H17FN6O2.C2H6/c1-31-22(30)27-8-9-28-19(13-27)26-20(14-2-5-16(23)6-3-14)21(28)15-4-7-18-25-11-17(10-24)29(18)12-15;1-2/h2-7,11-12H,8-9,13H2,1H3;1-2H3. The lowest BCUT2D eigenvalue weighted by molar-refractivity contribution is 0.112. The van der Waals surface area contributed by atoms with Crippen molar-refractivity contribution in [3.8, 4) is 28.6 Å². The Labute approximate surface area is 190 Å². The van der Waals surface area contributed by atoms with E-state index in [1.807, 2.05) is 32.2 Å². The molecule has 0 atom stereocenters. The van der Waals surface area contributed by atoms with Crippen LogP contribution >= 0.6 is 0 Å². The fourth-order valence-corrected chi connectivity index (χ4v) is 3.92. The fraction of sp³-hybridized carbons (Fsp3) is 0.250. The summed E-state index contributed by atoms with van der Waals surface area (Å²) in [6.07, 6.45) is 2.97. The number of halogens is 1. The van der Waals surface area contributed by atoms with Gasteiger partial charge in [0.25, 0.3) is 0 Å². The van der Waals surface area contributed by atoms with Crippen LogP contribution < -0.4 is 0 Å². The number of benzene rings is 1. The second kappa shape index (κ2) is 9.12. The maximum Gasteiger partial charge on any atom is 0.409 e. The Balaban J connectivity index is 0.00000126. The van der Waals surface area contributed by atoms with Crippen LogP contribution in [0.5, 0.6) is 0 Å². The number of carbonyl (C=O) groups excluding carboxylic acids is 1. The third-order valence-electron chi connectivity index (χ3n) is 5.42. The van der Waals surface area contributed by atoms with Gasteiger partial charge >= 0.3 is 6.09 Å². The minimum atomic E-state index is -0.405. The largest absolute Gasteiger partial charge is 0.453 e. The smallest absolute Gasteiger partial charge is 0.409 e. The van der Waals surface area contributed by atoms with Crippen LogP contribution in [0.4, 0.5) is 9.18 Å². The summed E-state index contributed by atoms with van der Waals surface area (Å²) in [5.41, 5.74) is 4.21. The van der Waals surface area contributed by atoms with Crippen molar-refractivity contribution >= 4 is 11.7 Å². The first kappa shape index (κ1) is 22.0. The number of methoxy groups -OCH3 is 1. The van der Waals surface area contributed by atoms with E-state index in [0.717, 1.165) is 16.8 Å². The number of fused-ring (bicyclic) bond motifs is 2. The zero-order chi connectivity index (χ0) is 23.5. The van der Waals surface area contributed by atoms with E-state index >= 15 is 0 Å². The van der Waals surface area contributed by atoms with Gasteiger partial charge in [-0.25, -0.2) is 19.2 Å². The van der Waals surface area contributed by atoms with Gasteiger partial charge in [-0.3, -0.25) is 9.30 Å². The van der Waals surface area contributed by atoms with Gasteiger partial charge in [-0.05, 0) is 36.4 Å². The number of hydrogen-bond donors (Lipinski definition) is 0. The summed E-state index contributed by atoms with van der Waals surface area (Å²) in [5, 5.41) is 9.39. The van der Waals surface area contributed by atoms with Crippen molar-refractivity contribution in [2.45, 2.75) is 26.9 Å². The summed E-state index contributed by atoms with van der Waals surface area (Å²) >= 11 is 0. The van der Waals surface area contributed by atoms with Gasteiger partial charge in [-0.15, -0.1) is 0 Å². The van der Waals surface area contributed by atoms with Gasteiger partial charge in [-0.1, -0.05) is 13.8 Å². The maximum atomic E-state index is 13.5. The molecule has 0 unspecified atom stereocenters. The molecule has 1 aliphatic heterocycles. The van der Waals surface area contributed by atoms with E-state index in [1.54, 1.807) is 21.4 Å². The average molecular weight is 446 g/mol. The number of nitrogens with zero attached hydrogens (tertiary/aromatic N) is 6. The highest BCUT2D eigenvalue weighted by Crippen LogP contribution is 2.35. The van der Waals surface area contributed by atoms with Crippen LogP contribution in [0.2, 0.25) is 0 Å². The van der Waals surface area contributed by atoms with E-state index < -0.39 is 6.09 Å². The molecule has 5 rings (SSSR count). The number of hydrogen-bond acceptors (Lipinski definition) is 5. The SMILES string of the molecule is CC.COC(=O)N1CCn2c(nc(-c3ccc(F)cc3)c2-c2ccc3ncc(C#N)n3c2)C1. The molecule has 8 nitrogen and oxygen atoms in total. The van der Waals surface area contributed by atoms with Crippen LogP contribution in [0.25, 0.3) is 28.2 Å². The van der Waals surface area contributed by atoms with Crippen LogP contribution in [0.3, 0.4) is 0 Å². The van der Waals surface area contributed by atoms with Gasteiger partial charge in [0.1, 0.15) is 29.1 Å². The third kappa shape index (κ3) is 3.91. The molecular formula is C24H23FN6O2. The van der Waals surface area contributed by atoms with Gasteiger partial charge in [-0.2, -0.15) is 5.26 Å². The molecular weight excluding hydrogens is 423 g/mol. The Hall–Kier alpha value is -4.19. The number of ether oxygens (including phenoxy) is 1. The van der Waals surface area contributed by atoms with E-state index in [2.05, 4.69) is 15.6 Å². The van der Waals surface area contributed by atoms with Gasteiger partial charge in [0.2, 0.25) is 0 Å². The van der Waals surface area contributed by atoms with Crippen LogP contribution in [0, 0.1) is 17.1 Å². The lowest BCUT2D eigenvalue weighted by atomic mass is 10.1. The van der Waals surface area contributed by atoms with Crippen LogP contribution in [0.1, 0.15) is 25.4 Å². The van der Waals surface area contributed by atoms with E-state index in [1.165, 1.54) is 25.4 Å². The minimum Gasteiger partial charge on any atom is -0.453 e. The molecule has 0 aliphatic carbocycles.